The highest BCUT2D eigenvalue weighted by atomic mass is 35.5. The van der Waals surface area contributed by atoms with Crippen molar-refractivity contribution in [1.82, 2.24) is 24.4 Å². The summed E-state index contributed by atoms with van der Waals surface area (Å²) in [6.45, 7) is 0.452. The fraction of sp³-hybridized carbons (Fsp3) is 0.308. The molecule has 1 fully saturated rings. The first-order chi connectivity index (χ1) is 18.1. The molecule has 7 nitrogen and oxygen atoms in total. The van der Waals surface area contributed by atoms with Crippen molar-refractivity contribution in [2.75, 3.05) is 0 Å². The molecule has 3 aromatic heterocycles. The number of rotatable bonds is 5. The molecule has 0 saturated heterocycles. The van der Waals surface area contributed by atoms with Crippen molar-refractivity contribution in [3.8, 4) is 5.69 Å². The van der Waals surface area contributed by atoms with Crippen molar-refractivity contribution in [2.24, 2.45) is 5.92 Å². The summed E-state index contributed by atoms with van der Waals surface area (Å²) in [4.78, 5) is 33.7. The van der Waals surface area contributed by atoms with Gasteiger partial charge in [-0.25, -0.2) is 9.78 Å². The zero-order valence-corrected chi connectivity index (χ0v) is 21.4. The van der Waals surface area contributed by atoms with Gasteiger partial charge in [0.15, 0.2) is 5.69 Å². The molecule has 3 heterocycles. The predicted octanol–water partition coefficient (Wildman–Crippen LogP) is 5.90. The van der Waals surface area contributed by atoms with E-state index in [0.29, 0.717) is 48.5 Å². The van der Waals surface area contributed by atoms with Crippen LogP contribution in [-0.4, -0.2) is 31.1 Å². The van der Waals surface area contributed by atoms with Crippen LogP contribution < -0.4 is 11.0 Å². The van der Waals surface area contributed by atoms with Crippen LogP contribution in [0.3, 0.4) is 0 Å². The third kappa shape index (κ3) is 5.15. The maximum Gasteiger partial charge on any atom is 0.434 e. The molecule has 1 saturated carbocycles. The van der Waals surface area contributed by atoms with E-state index in [1.54, 1.807) is 51.9 Å². The lowest BCUT2D eigenvalue weighted by atomic mass is 9.85. The summed E-state index contributed by atoms with van der Waals surface area (Å²) in [6.07, 6.45) is 1.83. The number of hydrogen-bond acceptors (Lipinski definition) is 4. The van der Waals surface area contributed by atoms with Gasteiger partial charge in [-0.2, -0.15) is 13.2 Å². The van der Waals surface area contributed by atoms with Crippen molar-refractivity contribution in [2.45, 2.75) is 44.4 Å². The second-order valence-corrected chi connectivity index (χ2v) is 10.1. The predicted molar refractivity (Wildman–Crippen MR) is 138 cm³/mol. The number of imidazole rings is 1. The standard InChI is InChI=1S/C26H22Cl2F3N5O2/c27-16-11-18(23(33-12-16)26(29,30)31)24(37)34-17-7-5-15(6-8-17)14-35-21-9-10-32-13-22(21)36(25(35)38)20-4-2-1-3-19(20)28/h1-4,9-13,15,17H,5-8,14H2,(H,34,37)/t15-,17-. The number of fused-ring (bicyclic) bond motifs is 1. The number of alkyl halides is 3. The first kappa shape index (κ1) is 26.2. The SMILES string of the molecule is O=C(N[C@H]1CC[C@H](Cn2c(=O)n(-c3ccccc3Cl)c3cnccc32)CC1)c1cc(Cl)cnc1C(F)(F)F. The number of carbonyl (C=O) groups excluding carboxylic acids is 1. The molecule has 198 valence electrons. The van der Waals surface area contributed by atoms with Crippen molar-refractivity contribution in [3.63, 3.8) is 0 Å². The average molecular weight is 564 g/mol. The Bertz CT molecular complexity index is 1560. The Morgan fingerprint density at radius 3 is 2.50 bits per heavy atom. The maximum absolute atomic E-state index is 13.5. The van der Waals surface area contributed by atoms with Crippen molar-refractivity contribution in [3.05, 3.63) is 86.8 Å². The largest absolute Gasteiger partial charge is 0.434 e. The number of nitrogens with one attached hydrogen (secondary N) is 1. The number of benzene rings is 1. The van der Waals surface area contributed by atoms with Crippen LogP contribution in [0.4, 0.5) is 13.2 Å². The number of halogens is 5. The molecule has 1 aliphatic carbocycles. The molecule has 12 heteroatoms. The van der Waals surface area contributed by atoms with E-state index in [-0.39, 0.29) is 22.7 Å². The molecule has 5 rings (SSSR count). The number of aromatic nitrogens is 4. The highest BCUT2D eigenvalue weighted by Gasteiger charge is 2.38. The molecule has 0 atom stereocenters. The Morgan fingerprint density at radius 1 is 1.05 bits per heavy atom. The van der Waals surface area contributed by atoms with Crippen molar-refractivity contribution >= 4 is 40.1 Å². The van der Waals surface area contributed by atoms with E-state index in [2.05, 4.69) is 15.3 Å². The third-order valence-electron chi connectivity index (χ3n) is 6.82. The highest BCUT2D eigenvalue weighted by molar-refractivity contribution is 6.32. The van der Waals surface area contributed by atoms with E-state index in [1.807, 2.05) is 0 Å². The first-order valence-corrected chi connectivity index (χ1v) is 12.7. The number of nitrogens with zero attached hydrogens (tertiary/aromatic N) is 4. The van der Waals surface area contributed by atoms with Crippen LogP contribution in [0.1, 0.15) is 41.7 Å². The lowest BCUT2D eigenvalue weighted by Gasteiger charge is -2.29. The summed E-state index contributed by atoms with van der Waals surface area (Å²) in [5.74, 6) is -0.722. The zero-order valence-electron chi connectivity index (χ0n) is 19.9. The minimum Gasteiger partial charge on any atom is -0.349 e. The molecule has 1 N–H and O–H groups in total. The summed E-state index contributed by atoms with van der Waals surface area (Å²) >= 11 is 12.2. The summed E-state index contributed by atoms with van der Waals surface area (Å²) < 4.78 is 43.2. The Morgan fingerprint density at radius 2 is 1.79 bits per heavy atom. The normalized spacial score (nSPS) is 18.0. The van der Waals surface area contributed by atoms with Crippen LogP contribution in [-0.2, 0) is 12.7 Å². The van der Waals surface area contributed by atoms with Gasteiger partial charge in [0, 0.05) is 25.0 Å². The minimum atomic E-state index is -4.78. The molecule has 0 spiro atoms. The van der Waals surface area contributed by atoms with Crippen LogP contribution >= 0.6 is 23.2 Å². The fourth-order valence-electron chi connectivity index (χ4n) is 5.00. The third-order valence-corrected chi connectivity index (χ3v) is 7.34. The van der Waals surface area contributed by atoms with Gasteiger partial charge in [-0.3, -0.25) is 18.9 Å². The topological polar surface area (TPSA) is 81.8 Å². The highest BCUT2D eigenvalue weighted by Crippen LogP contribution is 2.32. The van der Waals surface area contributed by atoms with Crippen LogP contribution in [0.25, 0.3) is 16.7 Å². The van der Waals surface area contributed by atoms with E-state index in [0.717, 1.165) is 17.8 Å². The van der Waals surface area contributed by atoms with Gasteiger partial charge < -0.3 is 5.32 Å². The van der Waals surface area contributed by atoms with Crippen LogP contribution in [0.2, 0.25) is 10.0 Å². The molecule has 38 heavy (non-hydrogen) atoms. The van der Waals surface area contributed by atoms with Crippen LogP contribution in [0, 0.1) is 5.92 Å². The number of hydrogen-bond donors (Lipinski definition) is 1. The molecule has 0 aliphatic heterocycles. The lowest BCUT2D eigenvalue weighted by Crippen LogP contribution is -2.39. The quantitative estimate of drug-likeness (QED) is 0.328. The number of carbonyl (C=O) groups is 1. The molecule has 1 amide bonds. The Hall–Kier alpha value is -3.37. The van der Waals surface area contributed by atoms with Crippen molar-refractivity contribution < 1.29 is 18.0 Å². The van der Waals surface area contributed by atoms with Gasteiger partial charge in [0.05, 0.1) is 38.5 Å². The second kappa shape index (κ2) is 10.4. The second-order valence-electron chi connectivity index (χ2n) is 9.28. The molecule has 1 aliphatic rings. The summed E-state index contributed by atoms with van der Waals surface area (Å²) in [5, 5.41) is 3.09. The van der Waals surface area contributed by atoms with Gasteiger partial charge in [0.25, 0.3) is 5.91 Å². The monoisotopic (exact) mass is 563 g/mol. The van der Waals surface area contributed by atoms with Gasteiger partial charge in [-0.05, 0) is 55.9 Å². The molecular weight excluding hydrogens is 542 g/mol. The summed E-state index contributed by atoms with van der Waals surface area (Å²) in [7, 11) is 0. The molecule has 1 aromatic carbocycles. The number of para-hydroxylation sites is 1. The van der Waals surface area contributed by atoms with Gasteiger partial charge >= 0.3 is 11.9 Å². The Balaban J connectivity index is 1.31. The molecular formula is C26H22Cl2F3N5O2. The van der Waals surface area contributed by atoms with E-state index < -0.39 is 23.3 Å². The van der Waals surface area contributed by atoms with E-state index >= 15 is 0 Å². The Kier molecular flexibility index (Phi) is 7.19. The van der Waals surface area contributed by atoms with Gasteiger partial charge in [0.2, 0.25) is 0 Å². The number of pyridine rings is 2. The summed E-state index contributed by atoms with van der Waals surface area (Å²) in [6, 6.07) is 9.55. The van der Waals surface area contributed by atoms with Crippen LogP contribution in [0.5, 0.6) is 0 Å². The molecule has 0 radical (unpaired) electrons. The van der Waals surface area contributed by atoms with Gasteiger partial charge in [-0.1, -0.05) is 35.3 Å². The molecule has 0 unspecified atom stereocenters. The van der Waals surface area contributed by atoms with Crippen molar-refractivity contribution in [1.29, 1.82) is 0 Å². The zero-order chi connectivity index (χ0) is 27.0. The summed E-state index contributed by atoms with van der Waals surface area (Å²) in [5.41, 5.74) is -0.159. The average Bonchev–Trinajstić information content (AvgIpc) is 3.15. The maximum atomic E-state index is 13.5. The molecule has 0 bridgehead atoms. The Labute approximate surface area is 225 Å². The first-order valence-electron chi connectivity index (χ1n) is 12.0. The fourth-order valence-corrected chi connectivity index (χ4v) is 5.38. The smallest absolute Gasteiger partial charge is 0.349 e. The van der Waals surface area contributed by atoms with E-state index in [1.165, 1.54) is 0 Å². The minimum absolute atomic E-state index is 0.0524. The van der Waals surface area contributed by atoms with E-state index in [4.69, 9.17) is 23.2 Å². The van der Waals surface area contributed by atoms with E-state index in [9.17, 15) is 22.8 Å². The van der Waals surface area contributed by atoms with Gasteiger partial charge in [-0.15, -0.1) is 0 Å². The van der Waals surface area contributed by atoms with Gasteiger partial charge in [0.1, 0.15) is 0 Å². The van der Waals surface area contributed by atoms with Crippen LogP contribution in [0.15, 0.2) is 59.8 Å². The number of amides is 1. The lowest BCUT2D eigenvalue weighted by molar-refractivity contribution is -0.141. The molecule has 4 aromatic rings.